The minimum atomic E-state index is -0.655. The first-order valence-electron chi connectivity index (χ1n) is 5.05. The van der Waals surface area contributed by atoms with E-state index in [1.807, 2.05) is 26.8 Å². The number of nitriles is 1. The van der Waals surface area contributed by atoms with Crippen LogP contribution in [0, 0.1) is 11.3 Å². The number of phenolic OH excluding ortho intramolecular Hbond substituents is 1. The molecule has 0 heterocycles. The highest BCUT2D eigenvalue weighted by molar-refractivity contribution is 5.72. The van der Waals surface area contributed by atoms with E-state index >= 15 is 0 Å². The molecule has 1 aromatic carbocycles. The van der Waals surface area contributed by atoms with E-state index in [0.29, 0.717) is 5.56 Å². The number of nitrogens with one attached hydrogen (secondary N) is 1. The summed E-state index contributed by atoms with van der Waals surface area (Å²) in [6, 6.07) is 5.94. The van der Waals surface area contributed by atoms with E-state index in [-0.39, 0.29) is 11.5 Å². The van der Waals surface area contributed by atoms with Crippen LogP contribution in [0.3, 0.4) is 0 Å². The first-order valence-corrected chi connectivity index (χ1v) is 5.05. The molecular formula is C12H14N2O3. The van der Waals surface area contributed by atoms with Gasteiger partial charge in [0.1, 0.15) is 0 Å². The number of amides is 1. The molecule has 0 aliphatic heterocycles. The Morgan fingerprint density at radius 3 is 2.59 bits per heavy atom. The molecule has 0 aromatic heterocycles. The van der Waals surface area contributed by atoms with E-state index in [0.717, 1.165) is 0 Å². The van der Waals surface area contributed by atoms with Crippen molar-refractivity contribution in [1.29, 1.82) is 5.26 Å². The molecule has 0 fully saturated rings. The van der Waals surface area contributed by atoms with Gasteiger partial charge in [0.25, 0.3) is 0 Å². The first kappa shape index (κ1) is 12.8. The summed E-state index contributed by atoms with van der Waals surface area (Å²) < 4.78 is 4.91. The van der Waals surface area contributed by atoms with Crippen LogP contribution in [0.4, 0.5) is 4.79 Å². The quantitative estimate of drug-likeness (QED) is 0.780. The molecule has 0 aliphatic rings. The molecule has 5 heteroatoms. The number of carbonyl (C=O) groups excluding carboxylic acids is 1. The molecule has 0 unspecified atom stereocenters. The van der Waals surface area contributed by atoms with Gasteiger partial charge in [-0.3, -0.25) is 0 Å². The molecule has 2 N–H and O–H groups in total. The van der Waals surface area contributed by atoms with Gasteiger partial charge in [-0.15, -0.1) is 0 Å². The van der Waals surface area contributed by atoms with Crippen molar-refractivity contribution in [3.05, 3.63) is 23.8 Å². The summed E-state index contributed by atoms with van der Waals surface area (Å²) in [7, 11) is 0. The van der Waals surface area contributed by atoms with Gasteiger partial charge in [0.15, 0.2) is 11.5 Å². The Morgan fingerprint density at radius 2 is 2.12 bits per heavy atom. The van der Waals surface area contributed by atoms with Crippen molar-refractivity contribution in [2.45, 2.75) is 26.3 Å². The summed E-state index contributed by atoms with van der Waals surface area (Å²) >= 11 is 0. The van der Waals surface area contributed by atoms with E-state index in [1.165, 1.54) is 18.2 Å². The van der Waals surface area contributed by atoms with Gasteiger partial charge < -0.3 is 15.2 Å². The molecule has 1 rings (SSSR count). The second-order valence-electron chi connectivity index (χ2n) is 4.56. The summed E-state index contributed by atoms with van der Waals surface area (Å²) in [5, 5.41) is 20.7. The number of hydrogen-bond donors (Lipinski definition) is 2. The Morgan fingerprint density at radius 1 is 1.47 bits per heavy atom. The Labute approximate surface area is 99.6 Å². The standard InChI is InChI=1S/C12H14N2O3/c1-12(2,3)14-11(16)17-10-5-4-8(7-13)6-9(10)15/h4-6,15H,1-3H3,(H,14,16). The van der Waals surface area contributed by atoms with Crippen LogP contribution in [0.5, 0.6) is 11.5 Å². The molecule has 0 aliphatic carbocycles. The lowest BCUT2D eigenvalue weighted by Gasteiger charge is -2.19. The fourth-order valence-electron chi connectivity index (χ4n) is 1.10. The third-order valence-corrected chi connectivity index (χ3v) is 1.77. The SMILES string of the molecule is CC(C)(C)NC(=O)Oc1ccc(C#N)cc1O. The van der Waals surface area contributed by atoms with Gasteiger partial charge in [-0.25, -0.2) is 4.79 Å². The number of benzene rings is 1. The van der Waals surface area contributed by atoms with Gasteiger partial charge in [0, 0.05) is 11.6 Å². The smallest absolute Gasteiger partial charge is 0.413 e. The van der Waals surface area contributed by atoms with Gasteiger partial charge >= 0.3 is 6.09 Å². The number of ether oxygens (including phenoxy) is 1. The average molecular weight is 234 g/mol. The van der Waals surface area contributed by atoms with Crippen LogP contribution >= 0.6 is 0 Å². The second-order valence-corrected chi connectivity index (χ2v) is 4.56. The lowest BCUT2D eigenvalue weighted by atomic mass is 10.1. The maximum absolute atomic E-state index is 11.4. The zero-order valence-corrected chi connectivity index (χ0v) is 9.94. The van der Waals surface area contributed by atoms with Crippen molar-refractivity contribution in [2.24, 2.45) is 0 Å². The summed E-state index contributed by atoms with van der Waals surface area (Å²) in [5.41, 5.74) is -0.120. The lowest BCUT2D eigenvalue weighted by Crippen LogP contribution is -2.42. The summed E-state index contributed by atoms with van der Waals surface area (Å²) in [5.74, 6) is -0.223. The molecule has 90 valence electrons. The molecule has 0 saturated carbocycles. The highest BCUT2D eigenvalue weighted by Crippen LogP contribution is 2.26. The lowest BCUT2D eigenvalue weighted by molar-refractivity contribution is 0.189. The number of hydrogen-bond acceptors (Lipinski definition) is 4. The van der Waals surface area contributed by atoms with E-state index in [1.54, 1.807) is 0 Å². The molecule has 0 atom stereocenters. The highest BCUT2D eigenvalue weighted by Gasteiger charge is 2.16. The number of phenols is 1. The maximum atomic E-state index is 11.4. The zero-order chi connectivity index (χ0) is 13.1. The van der Waals surface area contributed by atoms with Crippen molar-refractivity contribution < 1.29 is 14.6 Å². The fraction of sp³-hybridized carbons (Fsp3) is 0.333. The summed E-state index contributed by atoms with van der Waals surface area (Å²) in [6.07, 6.45) is -0.655. The molecule has 1 aromatic rings. The molecule has 0 bridgehead atoms. The van der Waals surface area contributed by atoms with Crippen molar-refractivity contribution >= 4 is 6.09 Å². The average Bonchev–Trinajstić information content (AvgIpc) is 2.18. The molecular weight excluding hydrogens is 220 g/mol. The molecule has 17 heavy (non-hydrogen) atoms. The van der Waals surface area contributed by atoms with Crippen LogP contribution in [0.25, 0.3) is 0 Å². The van der Waals surface area contributed by atoms with E-state index in [4.69, 9.17) is 10.00 Å². The Bertz CT molecular complexity index is 470. The third-order valence-electron chi connectivity index (χ3n) is 1.77. The van der Waals surface area contributed by atoms with E-state index < -0.39 is 11.6 Å². The van der Waals surface area contributed by atoms with E-state index in [2.05, 4.69) is 5.32 Å². The Balaban J connectivity index is 2.76. The van der Waals surface area contributed by atoms with Crippen molar-refractivity contribution in [2.75, 3.05) is 0 Å². The van der Waals surface area contributed by atoms with Crippen LogP contribution in [-0.2, 0) is 0 Å². The Hall–Kier alpha value is -2.22. The normalized spacial score (nSPS) is 10.5. The molecule has 0 spiro atoms. The molecule has 0 saturated heterocycles. The Kier molecular flexibility index (Phi) is 3.59. The van der Waals surface area contributed by atoms with Crippen molar-refractivity contribution in [1.82, 2.24) is 5.32 Å². The summed E-state index contributed by atoms with van der Waals surface area (Å²) in [6.45, 7) is 5.44. The summed E-state index contributed by atoms with van der Waals surface area (Å²) in [4.78, 5) is 11.4. The monoisotopic (exact) mass is 234 g/mol. The minimum Gasteiger partial charge on any atom is -0.504 e. The molecule has 0 radical (unpaired) electrons. The number of nitrogens with zero attached hydrogens (tertiary/aromatic N) is 1. The van der Waals surface area contributed by atoms with E-state index in [9.17, 15) is 9.90 Å². The van der Waals surface area contributed by atoms with Gasteiger partial charge in [-0.2, -0.15) is 5.26 Å². The van der Waals surface area contributed by atoms with Crippen LogP contribution in [0.15, 0.2) is 18.2 Å². The number of aromatic hydroxyl groups is 1. The number of rotatable bonds is 1. The van der Waals surface area contributed by atoms with Crippen LogP contribution in [-0.4, -0.2) is 16.7 Å². The van der Waals surface area contributed by atoms with Crippen molar-refractivity contribution in [3.63, 3.8) is 0 Å². The van der Waals surface area contributed by atoms with Gasteiger partial charge in [-0.05, 0) is 32.9 Å². The topological polar surface area (TPSA) is 82.3 Å². The third kappa shape index (κ3) is 4.03. The van der Waals surface area contributed by atoms with Crippen LogP contribution in [0.1, 0.15) is 26.3 Å². The molecule has 5 nitrogen and oxygen atoms in total. The minimum absolute atomic E-state index is 0.0192. The van der Waals surface area contributed by atoms with Gasteiger partial charge in [-0.1, -0.05) is 0 Å². The first-order chi connectivity index (χ1) is 7.81. The maximum Gasteiger partial charge on any atom is 0.413 e. The van der Waals surface area contributed by atoms with Crippen LogP contribution in [0.2, 0.25) is 0 Å². The predicted molar refractivity (Wildman–Crippen MR) is 61.7 cm³/mol. The van der Waals surface area contributed by atoms with Crippen LogP contribution < -0.4 is 10.1 Å². The predicted octanol–water partition coefficient (Wildman–Crippen LogP) is 2.15. The van der Waals surface area contributed by atoms with Gasteiger partial charge in [0.2, 0.25) is 0 Å². The fourth-order valence-corrected chi connectivity index (χ4v) is 1.10. The number of carbonyl (C=O) groups is 1. The van der Waals surface area contributed by atoms with Gasteiger partial charge in [0.05, 0.1) is 11.6 Å². The molecule has 1 amide bonds. The largest absolute Gasteiger partial charge is 0.504 e. The second kappa shape index (κ2) is 4.74. The van der Waals surface area contributed by atoms with Crippen molar-refractivity contribution in [3.8, 4) is 17.6 Å². The zero-order valence-electron chi connectivity index (χ0n) is 9.94. The highest BCUT2D eigenvalue weighted by atomic mass is 16.6.